The summed E-state index contributed by atoms with van der Waals surface area (Å²) in [6.45, 7) is 1.00. The molecule has 0 aromatic carbocycles. The van der Waals surface area contributed by atoms with E-state index in [1.54, 1.807) is 6.08 Å². The van der Waals surface area contributed by atoms with Gasteiger partial charge in [-0.25, -0.2) is 0 Å². The van der Waals surface area contributed by atoms with Crippen molar-refractivity contribution in [1.29, 1.82) is 0 Å². The first-order chi connectivity index (χ1) is 7.42. The maximum absolute atomic E-state index is 8.62. The maximum atomic E-state index is 8.62. The summed E-state index contributed by atoms with van der Waals surface area (Å²) in [5, 5.41) is 18.9. The Kier molecular flexibility index (Phi) is 3.07. The van der Waals surface area contributed by atoms with Gasteiger partial charge in [0.05, 0.1) is 12.0 Å². The minimum Gasteiger partial charge on any atom is -0.516 e. The molecule has 1 unspecified atom stereocenters. The van der Waals surface area contributed by atoms with Crippen LogP contribution >= 0.6 is 0 Å². The SMILES string of the molecule is OC=CCc1n[nH]cc1C1C=CNCC1. The van der Waals surface area contributed by atoms with Crippen molar-refractivity contribution in [1.82, 2.24) is 15.5 Å². The Balaban J connectivity index is 2.16. The van der Waals surface area contributed by atoms with E-state index in [1.165, 1.54) is 5.56 Å². The fraction of sp³-hybridized carbons (Fsp3) is 0.364. The summed E-state index contributed by atoms with van der Waals surface area (Å²) in [6, 6.07) is 0. The van der Waals surface area contributed by atoms with Gasteiger partial charge in [-0.2, -0.15) is 5.10 Å². The third kappa shape index (κ3) is 2.21. The highest BCUT2D eigenvalue weighted by Crippen LogP contribution is 2.24. The Bertz CT molecular complexity index is 368. The number of H-pyrrole nitrogens is 1. The molecule has 0 saturated heterocycles. The number of hydrogen-bond acceptors (Lipinski definition) is 3. The minimum atomic E-state index is 0.437. The van der Waals surface area contributed by atoms with Gasteiger partial charge < -0.3 is 10.4 Å². The highest BCUT2D eigenvalue weighted by atomic mass is 16.2. The first-order valence-corrected chi connectivity index (χ1v) is 5.13. The molecule has 1 aliphatic rings. The summed E-state index contributed by atoms with van der Waals surface area (Å²) in [6.07, 6.45) is 10.6. The highest BCUT2D eigenvalue weighted by molar-refractivity contribution is 5.27. The van der Waals surface area contributed by atoms with E-state index in [-0.39, 0.29) is 0 Å². The Morgan fingerprint density at radius 2 is 2.53 bits per heavy atom. The fourth-order valence-corrected chi connectivity index (χ4v) is 1.84. The molecule has 0 radical (unpaired) electrons. The van der Waals surface area contributed by atoms with Crippen molar-refractivity contribution >= 4 is 0 Å². The lowest BCUT2D eigenvalue weighted by molar-refractivity contribution is 0.471. The van der Waals surface area contributed by atoms with Crippen molar-refractivity contribution in [2.75, 3.05) is 6.54 Å². The van der Waals surface area contributed by atoms with Gasteiger partial charge in [-0.05, 0) is 18.7 Å². The summed E-state index contributed by atoms with van der Waals surface area (Å²) >= 11 is 0. The van der Waals surface area contributed by atoms with Crippen LogP contribution in [0.1, 0.15) is 23.6 Å². The van der Waals surface area contributed by atoms with Crippen LogP contribution in [0, 0.1) is 0 Å². The van der Waals surface area contributed by atoms with E-state index in [9.17, 15) is 0 Å². The van der Waals surface area contributed by atoms with Gasteiger partial charge in [0.2, 0.25) is 0 Å². The molecule has 0 saturated carbocycles. The number of rotatable bonds is 3. The second kappa shape index (κ2) is 4.68. The number of aliphatic hydroxyl groups is 1. The molecule has 0 spiro atoms. The van der Waals surface area contributed by atoms with Gasteiger partial charge in [0, 0.05) is 30.6 Å². The zero-order valence-corrected chi connectivity index (χ0v) is 8.48. The maximum Gasteiger partial charge on any atom is 0.0755 e. The molecule has 3 N–H and O–H groups in total. The lowest BCUT2D eigenvalue weighted by Crippen LogP contribution is -2.16. The molecule has 2 heterocycles. The standard InChI is InChI=1S/C11H15N3O/c15-7-1-2-11-10(8-13-14-11)9-3-5-12-6-4-9/h1,3,5,7-9,12,15H,2,4,6H2,(H,13,14). The van der Waals surface area contributed by atoms with Crippen LogP contribution in [-0.2, 0) is 6.42 Å². The summed E-state index contributed by atoms with van der Waals surface area (Å²) in [5.74, 6) is 0.437. The van der Waals surface area contributed by atoms with Crippen molar-refractivity contribution in [3.8, 4) is 0 Å². The predicted molar refractivity (Wildman–Crippen MR) is 58.6 cm³/mol. The van der Waals surface area contributed by atoms with Crippen LogP contribution in [0.15, 0.2) is 30.8 Å². The van der Waals surface area contributed by atoms with Crippen molar-refractivity contribution in [2.24, 2.45) is 0 Å². The molecule has 15 heavy (non-hydrogen) atoms. The quantitative estimate of drug-likeness (QED) is 0.657. The summed E-state index contributed by atoms with van der Waals surface area (Å²) in [7, 11) is 0. The van der Waals surface area contributed by atoms with E-state index in [0.717, 1.165) is 24.9 Å². The van der Waals surface area contributed by atoms with E-state index < -0.39 is 0 Å². The molecule has 0 fully saturated rings. The topological polar surface area (TPSA) is 60.9 Å². The molecular weight excluding hydrogens is 190 g/mol. The number of aromatic nitrogens is 2. The van der Waals surface area contributed by atoms with Crippen LogP contribution in [0.3, 0.4) is 0 Å². The average Bonchev–Trinajstić information content (AvgIpc) is 2.75. The normalized spacial score (nSPS) is 20.7. The Hall–Kier alpha value is -1.71. The molecule has 4 nitrogen and oxygen atoms in total. The molecule has 0 aliphatic carbocycles. The van der Waals surface area contributed by atoms with Crippen molar-refractivity contribution in [3.63, 3.8) is 0 Å². The zero-order chi connectivity index (χ0) is 10.5. The molecule has 0 amide bonds. The van der Waals surface area contributed by atoms with E-state index in [4.69, 9.17) is 5.11 Å². The van der Waals surface area contributed by atoms with Gasteiger partial charge in [0.1, 0.15) is 0 Å². The van der Waals surface area contributed by atoms with Crippen LogP contribution in [0.4, 0.5) is 0 Å². The molecule has 0 bridgehead atoms. The molecule has 1 aromatic rings. The van der Waals surface area contributed by atoms with Gasteiger partial charge in [-0.1, -0.05) is 6.08 Å². The number of aromatic amines is 1. The van der Waals surface area contributed by atoms with E-state index in [1.807, 2.05) is 12.4 Å². The van der Waals surface area contributed by atoms with Gasteiger partial charge in [-0.3, -0.25) is 5.10 Å². The molecule has 80 valence electrons. The summed E-state index contributed by atoms with van der Waals surface area (Å²) in [5.41, 5.74) is 2.24. The molecule has 1 aliphatic heterocycles. The molecular formula is C11H15N3O. The summed E-state index contributed by atoms with van der Waals surface area (Å²) in [4.78, 5) is 0. The number of hydrogen-bond donors (Lipinski definition) is 3. The Morgan fingerprint density at radius 3 is 3.27 bits per heavy atom. The van der Waals surface area contributed by atoms with E-state index in [2.05, 4.69) is 21.6 Å². The summed E-state index contributed by atoms with van der Waals surface area (Å²) < 4.78 is 0. The van der Waals surface area contributed by atoms with Crippen LogP contribution in [0.2, 0.25) is 0 Å². The lowest BCUT2D eigenvalue weighted by atomic mass is 9.94. The third-order valence-electron chi connectivity index (χ3n) is 2.61. The van der Waals surface area contributed by atoms with Gasteiger partial charge in [0.15, 0.2) is 0 Å². The highest BCUT2D eigenvalue weighted by Gasteiger charge is 2.15. The van der Waals surface area contributed by atoms with Crippen LogP contribution in [0.5, 0.6) is 0 Å². The largest absolute Gasteiger partial charge is 0.516 e. The average molecular weight is 205 g/mol. The van der Waals surface area contributed by atoms with Crippen molar-refractivity contribution in [2.45, 2.75) is 18.8 Å². The van der Waals surface area contributed by atoms with Gasteiger partial charge in [-0.15, -0.1) is 0 Å². The molecule has 1 atom stereocenters. The first-order valence-electron chi connectivity index (χ1n) is 5.13. The van der Waals surface area contributed by atoms with Gasteiger partial charge >= 0.3 is 0 Å². The van der Waals surface area contributed by atoms with E-state index in [0.29, 0.717) is 12.3 Å². The first kappa shape index (κ1) is 9.83. The Labute approximate surface area is 88.7 Å². The molecule has 2 rings (SSSR count). The lowest BCUT2D eigenvalue weighted by Gasteiger charge is -2.16. The molecule has 1 aromatic heterocycles. The second-order valence-electron chi connectivity index (χ2n) is 3.58. The molecule has 4 heteroatoms. The third-order valence-corrected chi connectivity index (χ3v) is 2.61. The second-order valence-corrected chi connectivity index (χ2v) is 3.58. The zero-order valence-electron chi connectivity index (χ0n) is 8.48. The predicted octanol–water partition coefficient (Wildman–Crippen LogP) is 1.61. The number of allylic oxidation sites excluding steroid dienone is 2. The van der Waals surface area contributed by atoms with Crippen LogP contribution in [-0.4, -0.2) is 21.8 Å². The van der Waals surface area contributed by atoms with Gasteiger partial charge in [0.25, 0.3) is 0 Å². The number of aliphatic hydroxyl groups excluding tert-OH is 1. The van der Waals surface area contributed by atoms with Crippen molar-refractivity contribution in [3.05, 3.63) is 42.1 Å². The number of nitrogens with zero attached hydrogens (tertiary/aromatic N) is 1. The number of nitrogens with one attached hydrogen (secondary N) is 2. The Morgan fingerprint density at radius 1 is 1.60 bits per heavy atom. The smallest absolute Gasteiger partial charge is 0.0755 e. The minimum absolute atomic E-state index is 0.437. The fourth-order valence-electron chi connectivity index (χ4n) is 1.84. The van der Waals surface area contributed by atoms with Crippen LogP contribution < -0.4 is 5.32 Å². The van der Waals surface area contributed by atoms with Crippen LogP contribution in [0.25, 0.3) is 0 Å². The van der Waals surface area contributed by atoms with Crippen molar-refractivity contribution < 1.29 is 5.11 Å². The van der Waals surface area contributed by atoms with E-state index >= 15 is 0 Å². The monoisotopic (exact) mass is 205 g/mol.